The molecule has 0 aromatic rings. The molecule has 3 heteroatoms. The van der Waals surface area contributed by atoms with Gasteiger partial charge in [-0.15, -0.1) is 0 Å². The molecule has 18 heavy (non-hydrogen) atoms. The van der Waals surface area contributed by atoms with Crippen molar-refractivity contribution in [2.75, 3.05) is 46.8 Å². The first kappa shape index (κ1) is 15.9. The van der Waals surface area contributed by atoms with Crippen molar-refractivity contribution in [3.8, 4) is 0 Å². The molecule has 2 aliphatic heterocycles. The van der Waals surface area contributed by atoms with Crippen molar-refractivity contribution in [3.63, 3.8) is 0 Å². The summed E-state index contributed by atoms with van der Waals surface area (Å²) >= 11 is 0. The molecule has 0 amide bonds. The molecule has 0 aromatic carbocycles. The summed E-state index contributed by atoms with van der Waals surface area (Å²) in [6.45, 7) is 12.6. The van der Waals surface area contributed by atoms with Crippen molar-refractivity contribution >= 4 is 0 Å². The van der Waals surface area contributed by atoms with Crippen molar-refractivity contribution in [2.24, 2.45) is 0 Å². The minimum Gasteiger partial charge on any atom is -0.305 e. The van der Waals surface area contributed by atoms with E-state index in [-0.39, 0.29) is 0 Å². The maximum Gasteiger partial charge on any atom is 0.0235 e. The van der Waals surface area contributed by atoms with Crippen LogP contribution in [-0.2, 0) is 0 Å². The molecule has 0 saturated carbocycles. The highest BCUT2D eigenvalue weighted by molar-refractivity contribution is 4.86. The summed E-state index contributed by atoms with van der Waals surface area (Å²) in [5.41, 5.74) is 0. The Bertz CT molecular complexity index is 212. The highest BCUT2D eigenvalue weighted by Crippen LogP contribution is 2.21. The minimum absolute atomic E-state index is 0.808. The van der Waals surface area contributed by atoms with E-state index in [0.29, 0.717) is 0 Å². The number of rotatable bonds is 3. The maximum atomic E-state index is 2.66. The van der Waals surface area contributed by atoms with Gasteiger partial charge in [0.2, 0.25) is 0 Å². The fourth-order valence-corrected chi connectivity index (χ4v) is 3.19. The third-order valence-electron chi connectivity index (χ3n) is 4.52. The van der Waals surface area contributed by atoms with Crippen molar-refractivity contribution < 1.29 is 0 Å². The van der Waals surface area contributed by atoms with Gasteiger partial charge in [0.05, 0.1) is 0 Å². The fourth-order valence-electron chi connectivity index (χ4n) is 3.19. The lowest BCUT2D eigenvalue weighted by molar-refractivity contribution is 0.101. The predicted octanol–water partition coefficient (Wildman–Crippen LogP) is 2.13. The van der Waals surface area contributed by atoms with Gasteiger partial charge in [0.1, 0.15) is 0 Å². The Kier molecular flexibility index (Phi) is 7.20. The van der Waals surface area contributed by atoms with Crippen LogP contribution in [0.5, 0.6) is 0 Å². The van der Waals surface area contributed by atoms with Crippen LogP contribution in [0, 0.1) is 0 Å². The van der Waals surface area contributed by atoms with Crippen LogP contribution < -0.4 is 0 Å². The number of piperidine rings is 1. The van der Waals surface area contributed by atoms with E-state index in [1.807, 2.05) is 13.8 Å². The number of hydrogen-bond donors (Lipinski definition) is 0. The molecule has 2 rings (SSSR count). The zero-order valence-corrected chi connectivity index (χ0v) is 13.2. The number of likely N-dealkylation sites (N-methyl/N-ethyl adjacent to an activating group) is 2. The SMILES string of the molecule is CC.CCN1CCC(N(C)C2CCN(C)C2)CC1. The summed E-state index contributed by atoms with van der Waals surface area (Å²) in [6, 6.07) is 1.64. The van der Waals surface area contributed by atoms with Gasteiger partial charge in [0.15, 0.2) is 0 Å². The zero-order valence-electron chi connectivity index (χ0n) is 13.2. The van der Waals surface area contributed by atoms with Gasteiger partial charge in [-0.25, -0.2) is 0 Å². The molecular formula is C15H33N3. The van der Waals surface area contributed by atoms with Gasteiger partial charge < -0.3 is 9.80 Å². The van der Waals surface area contributed by atoms with Gasteiger partial charge >= 0.3 is 0 Å². The first-order valence-electron chi connectivity index (χ1n) is 7.83. The third kappa shape index (κ3) is 4.22. The molecule has 2 heterocycles. The van der Waals surface area contributed by atoms with Gasteiger partial charge in [-0.2, -0.15) is 0 Å². The van der Waals surface area contributed by atoms with Crippen molar-refractivity contribution in [2.45, 2.75) is 52.1 Å². The normalized spacial score (nSPS) is 27.3. The molecule has 0 aliphatic carbocycles. The van der Waals surface area contributed by atoms with Crippen LogP contribution in [0.1, 0.15) is 40.0 Å². The minimum atomic E-state index is 0.808. The van der Waals surface area contributed by atoms with E-state index >= 15 is 0 Å². The van der Waals surface area contributed by atoms with E-state index in [2.05, 4.69) is 35.7 Å². The standard InChI is InChI=1S/C13H27N3.C2H6/c1-4-16-9-6-12(7-10-16)15(3)13-5-8-14(2)11-13;1-2/h12-13H,4-11H2,1-3H3;1-2H3. The monoisotopic (exact) mass is 255 g/mol. The lowest BCUT2D eigenvalue weighted by Gasteiger charge is -2.39. The lowest BCUT2D eigenvalue weighted by atomic mass is 10.0. The Labute approximate surface area is 114 Å². The number of nitrogens with zero attached hydrogens (tertiary/aromatic N) is 3. The quantitative estimate of drug-likeness (QED) is 0.765. The molecular weight excluding hydrogens is 222 g/mol. The average molecular weight is 255 g/mol. The van der Waals surface area contributed by atoms with Crippen LogP contribution >= 0.6 is 0 Å². The van der Waals surface area contributed by atoms with Crippen molar-refractivity contribution in [3.05, 3.63) is 0 Å². The molecule has 0 spiro atoms. The van der Waals surface area contributed by atoms with Gasteiger partial charge in [0.25, 0.3) is 0 Å². The van der Waals surface area contributed by atoms with E-state index in [1.165, 1.54) is 52.0 Å². The van der Waals surface area contributed by atoms with Crippen molar-refractivity contribution in [1.82, 2.24) is 14.7 Å². The second-order valence-corrected chi connectivity index (χ2v) is 5.54. The molecule has 108 valence electrons. The van der Waals surface area contributed by atoms with Crippen LogP contribution in [-0.4, -0.2) is 73.6 Å². The first-order valence-corrected chi connectivity index (χ1v) is 7.83. The van der Waals surface area contributed by atoms with E-state index in [1.54, 1.807) is 0 Å². The average Bonchev–Trinajstić information content (AvgIpc) is 2.87. The van der Waals surface area contributed by atoms with Crippen LogP contribution in [0.15, 0.2) is 0 Å². The smallest absolute Gasteiger partial charge is 0.0235 e. The molecule has 0 aromatic heterocycles. The Morgan fingerprint density at radius 2 is 1.56 bits per heavy atom. The largest absolute Gasteiger partial charge is 0.305 e. The molecule has 2 fully saturated rings. The van der Waals surface area contributed by atoms with Crippen LogP contribution in [0.25, 0.3) is 0 Å². The maximum absolute atomic E-state index is 2.66. The Morgan fingerprint density at radius 3 is 2.00 bits per heavy atom. The highest BCUT2D eigenvalue weighted by atomic mass is 15.3. The van der Waals surface area contributed by atoms with E-state index in [0.717, 1.165) is 12.1 Å². The molecule has 2 saturated heterocycles. The third-order valence-corrected chi connectivity index (χ3v) is 4.52. The van der Waals surface area contributed by atoms with Gasteiger partial charge in [-0.3, -0.25) is 4.90 Å². The summed E-state index contributed by atoms with van der Waals surface area (Å²) < 4.78 is 0. The second-order valence-electron chi connectivity index (χ2n) is 5.54. The van der Waals surface area contributed by atoms with E-state index in [4.69, 9.17) is 0 Å². The Balaban J connectivity index is 0.000000771. The summed E-state index contributed by atoms with van der Waals surface area (Å²) in [5, 5.41) is 0. The number of hydrogen-bond acceptors (Lipinski definition) is 3. The van der Waals surface area contributed by atoms with Crippen LogP contribution in [0.2, 0.25) is 0 Å². The molecule has 2 aliphatic rings. The fraction of sp³-hybridized carbons (Fsp3) is 1.00. The Hall–Kier alpha value is -0.120. The molecule has 3 nitrogen and oxygen atoms in total. The van der Waals surface area contributed by atoms with Crippen molar-refractivity contribution in [1.29, 1.82) is 0 Å². The van der Waals surface area contributed by atoms with Crippen LogP contribution in [0.3, 0.4) is 0 Å². The van der Waals surface area contributed by atoms with E-state index in [9.17, 15) is 0 Å². The van der Waals surface area contributed by atoms with E-state index < -0.39 is 0 Å². The molecule has 1 unspecified atom stereocenters. The van der Waals surface area contributed by atoms with Gasteiger partial charge in [-0.1, -0.05) is 20.8 Å². The summed E-state index contributed by atoms with van der Waals surface area (Å²) in [7, 11) is 4.59. The predicted molar refractivity (Wildman–Crippen MR) is 80.1 cm³/mol. The lowest BCUT2D eigenvalue weighted by Crippen LogP contribution is -2.47. The Morgan fingerprint density at radius 1 is 1.00 bits per heavy atom. The van der Waals surface area contributed by atoms with Gasteiger partial charge in [-0.05, 0) is 59.5 Å². The van der Waals surface area contributed by atoms with Crippen LogP contribution in [0.4, 0.5) is 0 Å². The highest BCUT2D eigenvalue weighted by Gasteiger charge is 2.29. The topological polar surface area (TPSA) is 9.72 Å². The first-order chi connectivity index (χ1) is 8.70. The molecule has 1 atom stereocenters. The molecule has 0 N–H and O–H groups in total. The molecule has 0 radical (unpaired) electrons. The zero-order chi connectivity index (χ0) is 13.5. The molecule has 0 bridgehead atoms. The number of likely N-dealkylation sites (tertiary alicyclic amines) is 2. The summed E-state index contributed by atoms with van der Waals surface area (Å²) in [4.78, 5) is 7.70. The summed E-state index contributed by atoms with van der Waals surface area (Å²) in [5.74, 6) is 0. The second kappa shape index (κ2) is 8.13. The van der Waals surface area contributed by atoms with Gasteiger partial charge in [0, 0.05) is 18.6 Å². The summed E-state index contributed by atoms with van der Waals surface area (Å²) in [6.07, 6.45) is 4.09.